The van der Waals surface area contributed by atoms with Crippen LogP contribution < -0.4 is 5.32 Å². The van der Waals surface area contributed by atoms with E-state index in [1.807, 2.05) is 24.3 Å². The maximum absolute atomic E-state index is 14.3. The largest absolute Gasteiger partial charge is 0.332 e. The van der Waals surface area contributed by atoms with Gasteiger partial charge in [0.15, 0.2) is 0 Å². The molecule has 2 saturated carbocycles. The van der Waals surface area contributed by atoms with Crippen LogP contribution >= 0.6 is 0 Å². The highest BCUT2D eigenvalue weighted by Crippen LogP contribution is 2.51. The molecular weight excluding hydrogens is 490 g/mol. The molecule has 0 aromatic heterocycles. The van der Waals surface area contributed by atoms with E-state index in [2.05, 4.69) is 28.9 Å². The Morgan fingerprint density at radius 1 is 1.15 bits per heavy atom. The minimum atomic E-state index is -0.921. The average molecular weight is 532 g/mol. The normalized spacial score (nSPS) is 30.1. The number of nitrogens with one attached hydrogen (secondary N) is 1. The van der Waals surface area contributed by atoms with E-state index in [9.17, 15) is 14.4 Å². The molecule has 1 N–H and O–H groups in total. The number of amides is 3. The molecule has 208 valence electrons. The molecule has 5 aliphatic rings. The molecule has 0 bridgehead atoms. The van der Waals surface area contributed by atoms with Crippen LogP contribution in [0.2, 0.25) is 0 Å². The van der Waals surface area contributed by atoms with Gasteiger partial charge in [-0.1, -0.05) is 44.9 Å². The number of para-hydroxylation sites is 1. The van der Waals surface area contributed by atoms with Gasteiger partial charge in [0.1, 0.15) is 11.5 Å². The lowest BCUT2D eigenvalue weighted by atomic mass is 9.80. The lowest BCUT2D eigenvalue weighted by Gasteiger charge is -2.35. The van der Waals surface area contributed by atoms with Crippen molar-refractivity contribution in [2.24, 2.45) is 11.3 Å². The standard InChI is InChI=1S/C31H41N5O3/c1-20(2)15-24(34(4)27(37)25-16-30(13-7-8-14-30)18-35(25)21-11-12-21)28(38)36-19-31(17-26(36)32-3)22-9-5-6-10-23(22)33-29(31)39/h5-6,9-10,20-21,24-26H,7-8,11-19H2,1-2,4H3,(H,33,39)/t24-,25-,26-,31-/m0/s1. The summed E-state index contributed by atoms with van der Waals surface area (Å²) in [6.07, 6.45) is 8.16. The van der Waals surface area contributed by atoms with Gasteiger partial charge in [-0.2, -0.15) is 0 Å². The average Bonchev–Trinajstić information content (AvgIpc) is 3.27. The van der Waals surface area contributed by atoms with Gasteiger partial charge >= 0.3 is 6.17 Å². The highest BCUT2D eigenvalue weighted by Gasteiger charge is 2.60. The van der Waals surface area contributed by atoms with Crippen LogP contribution in [0.15, 0.2) is 24.3 Å². The van der Waals surface area contributed by atoms with E-state index in [4.69, 9.17) is 6.57 Å². The molecule has 39 heavy (non-hydrogen) atoms. The van der Waals surface area contributed by atoms with Gasteiger partial charge in [-0.3, -0.25) is 29.0 Å². The number of likely N-dealkylation sites (tertiary alicyclic amines) is 2. The van der Waals surface area contributed by atoms with Gasteiger partial charge < -0.3 is 10.2 Å². The van der Waals surface area contributed by atoms with E-state index in [1.54, 1.807) is 16.8 Å². The monoisotopic (exact) mass is 531 g/mol. The summed E-state index contributed by atoms with van der Waals surface area (Å²) in [5, 5.41) is 2.97. The molecule has 2 spiro atoms. The van der Waals surface area contributed by atoms with Crippen LogP contribution in [0.4, 0.5) is 5.69 Å². The quantitative estimate of drug-likeness (QED) is 0.563. The number of hydrogen-bond donors (Lipinski definition) is 1. The Labute approximate surface area is 231 Å². The van der Waals surface area contributed by atoms with Gasteiger partial charge in [0.25, 0.3) is 5.91 Å². The summed E-state index contributed by atoms with van der Waals surface area (Å²) < 4.78 is 0. The molecular formula is C31H41N5O3. The molecule has 6 rings (SSSR count). The fourth-order valence-corrected chi connectivity index (χ4v) is 8.00. The van der Waals surface area contributed by atoms with Crippen molar-refractivity contribution in [3.05, 3.63) is 41.2 Å². The van der Waals surface area contributed by atoms with Crippen molar-refractivity contribution >= 4 is 23.4 Å². The minimum absolute atomic E-state index is 0.0434. The number of rotatable bonds is 6. The Morgan fingerprint density at radius 2 is 1.87 bits per heavy atom. The maximum atomic E-state index is 14.3. The lowest BCUT2D eigenvalue weighted by molar-refractivity contribution is -0.148. The van der Waals surface area contributed by atoms with E-state index >= 15 is 0 Å². The summed E-state index contributed by atoms with van der Waals surface area (Å²) in [5.41, 5.74) is 0.946. The molecule has 3 amide bonds. The number of benzene rings is 1. The zero-order chi connectivity index (χ0) is 27.5. The number of carbonyl (C=O) groups excluding carboxylic acids is 3. The van der Waals surface area contributed by atoms with Gasteiger partial charge in [0, 0.05) is 31.9 Å². The van der Waals surface area contributed by atoms with Crippen molar-refractivity contribution in [3.8, 4) is 0 Å². The van der Waals surface area contributed by atoms with Gasteiger partial charge in [0.2, 0.25) is 11.8 Å². The molecule has 0 radical (unpaired) electrons. The molecule has 0 unspecified atom stereocenters. The Balaban J connectivity index is 1.26. The van der Waals surface area contributed by atoms with Crippen molar-refractivity contribution in [2.75, 3.05) is 25.5 Å². The third-order valence-electron chi connectivity index (χ3n) is 10.2. The van der Waals surface area contributed by atoms with Crippen molar-refractivity contribution in [2.45, 2.75) is 101 Å². The molecule has 2 aliphatic carbocycles. The van der Waals surface area contributed by atoms with Crippen LogP contribution in [0, 0.1) is 17.9 Å². The first-order chi connectivity index (χ1) is 18.7. The van der Waals surface area contributed by atoms with Crippen LogP contribution in [0.25, 0.3) is 4.85 Å². The summed E-state index contributed by atoms with van der Waals surface area (Å²) in [7, 11) is 1.79. The van der Waals surface area contributed by atoms with E-state index < -0.39 is 17.6 Å². The molecule has 2 saturated heterocycles. The second-order valence-corrected chi connectivity index (χ2v) is 13.3. The third-order valence-corrected chi connectivity index (χ3v) is 10.2. The number of carbonyl (C=O) groups is 3. The van der Waals surface area contributed by atoms with Crippen LogP contribution in [0.3, 0.4) is 0 Å². The number of hydrogen-bond acceptors (Lipinski definition) is 4. The molecule has 8 nitrogen and oxygen atoms in total. The highest BCUT2D eigenvalue weighted by molar-refractivity contribution is 6.07. The first-order valence-electron chi connectivity index (χ1n) is 14.8. The van der Waals surface area contributed by atoms with Gasteiger partial charge in [-0.25, -0.2) is 6.57 Å². The van der Waals surface area contributed by atoms with Gasteiger partial charge in [0.05, 0.1) is 12.5 Å². The summed E-state index contributed by atoms with van der Waals surface area (Å²) in [5.74, 6) is -0.120. The van der Waals surface area contributed by atoms with Crippen LogP contribution in [0.1, 0.15) is 77.2 Å². The summed E-state index contributed by atoms with van der Waals surface area (Å²) in [4.78, 5) is 51.3. The number of anilines is 1. The first-order valence-corrected chi connectivity index (χ1v) is 14.8. The Hall–Kier alpha value is -2.92. The first kappa shape index (κ1) is 26.3. The van der Waals surface area contributed by atoms with Crippen LogP contribution in [0.5, 0.6) is 0 Å². The highest BCUT2D eigenvalue weighted by atomic mass is 16.2. The second-order valence-electron chi connectivity index (χ2n) is 13.3. The van der Waals surface area contributed by atoms with Crippen molar-refractivity contribution in [1.29, 1.82) is 0 Å². The Kier molecular flexibility index (Phi) is 6.49. The zero-order valence-electron chi connectivity index (χ0n) is 23.5. The predicted octanol–water partition coefficient (Wildman–Crippen LogP) is 4.02. The van der Waals surface area contributed by atoms with E-state index in [0.29, 0.717) is 12.5 Å². The molecule has 3 aliphatic heterocycles. The second kappa shape index (κ2) is 9.62. The summed E-state index contributed by atoms with van der Waals surface area (Å²) in [6.45, 7) is 13.2. The SMILES string of the molecule is [C-]#[N+][C@@H]1C[C@@]2(CN1C(=O)[C@H](CC(C)C)N(C)C(=O)[C@@H]1CC3(CCCC3)CN1C1CC1)C(=O)Nc1ccccc12. The molecule has 4 fully saturated rings. The summed E-state index contributed by atoms with van der Waals surface area (Å²) in [6, 6.07) is 7.25. The number of nitrogens with zero attached hydrogens (tertiary/aromatic N) is 4. The van der Waals surface area contributed by atoms with Crippen molar-refractivity contribution in [1.82, 2.24) is 14.7 Å². The van der Waals surface area contributed by atoms with Crippen molar-refractivity contribution < 1.29 is 14.4 Å². The van der Waals surface area contributed by atoms with Gasteiger partial charge in [-0.05, 0) is 61.5 Å². The fraction of sp³-hybridized carbons (Fsp3) is 0.677. The van der Waals surface area contributed by atoms with Crippen LogP contribution in [-0.2, 0) is 19.8 Å². The van der Waals surface area contributed by atoms with Crippen molar-refractivity contribution in [3.63, 3.8) is 0 Å². The zero-order valence-corrected chi connectivity index (χ0v) is 23.5. The lowest BCUT2D eigenvalue weighted by Crippen LogP contribution is -2.55. The van der Waals surface area contributed by atoms with E-state index in [-0.39, 0.29) is 48.1 Å². The maximum Gasteiger partial charge on any atom is 0.302 e. The summed E-state index contributed by atoms with van der Waals surface area (Å²) >= 11 is 0. The van der Waals surface area contributed by atoms with E-state index in [1.165, 1.54) is 25.7 Å². The topological polar surface area (TPSA) is 77.3 Å². The number of likely N-dealkylation sites (N-methyl/N-ethyl adjacent to an activating group) is 1. The molecule has 3 heterocycles. The molecule has 8 heteroatoms. The van der Waals surface area contributed by atoms with E-state index in [0.717, 1.165) is 37.1 Å². The number of fused-ring (bicyclic) bond motifs is 2. The smallest absolute Gasteiger partial charge is 0.302 e. The van der Waals surface area contributed by atoms with Gasteiger partial charge in [-0.15, -0.1) is 0 Å². The minimum Gasteiger partial charge on any atom is -0.332 e. The molecule has 1 aromatic rings. The third kappa shape index (κ3) is 4.34. The molecule has 1 aromatic carbocycles. The molecule has 4 atom stereocenters. The van der Waals surface area contributed by atoms with Crippen LogP contribution in [-0.4, -0.2) is 76.8 Å². The fourth-order valence-electron chi connectivity index (χ4n) is 8.00. The Morgan fingerprint density at radius 3 is 2.54 bits per heavy atom. The Bertz CT molecular complexity index is 1210. The predicted molar refractivity (Wildman–Crippen MR) is 149 cm³/mol.